The van der Waals surface area contributed by atoms with Gasteiger partial charge in [0, 0.05) is 49.7 Å². The van der Waals surface area contributed by atoms with Crippen LogP contribution in [-0.4, -0.2) is 67.8 Å². The fourth-order valence-electron chi connectivity index (χ4n) is 3.33. The number of aromatic nitrogens is 1. The second-order valence-corrected chi connectivity index (χ2v) is 8.51. The minimum atomic E-state index is 0.489. The SMILES string of the molecule is CCNC(=NCC(CC(C)C)N1CCOCC1)NCCCc1nc(C)cs1. The van der Waals surface area contributed by atoms with Gasteiger partial charge in [0.1, 0.15) is 0 Å². The average molecular weight is 396 g/mol. The Labute approximate surface area is 168 Å². The van der Waals surface area contributed by atoms with Crippen molar-refractivity contribution in [2.24, 2.45) is 10.9 Å². The summed E-state index contributed by atoms with van der Waals surface area (Å²) < 4.78 is 5.52. The first kappa shape index (κ1) is 22.1. The van der Waals surface area contributed by atoms with Gasteiger partial charge in [-0.3, -0.25) is 9.89 Å². The lowest BCUT2D eigenvalue weighted by atomic mass is 10.0. The van der Waals surface area contributed by atoms with Gasteiger partial charge in [-0.1, -0.05) is 13.8 Å². The molecule has 2 heterocycles. The highest BCUT2D eigenvalue weighted by Crippen LogP contribution is 2.14. The summed E-state index contributed by atoms with van der Waals surface area (Å²) in [5.41, 5.74) is 1.12. The van der Waals surface area contributed by atoms with Crippen LogP contribution in [0.2, 0.25) is 0 Å². The Morgan fingerprint density at radius 3 is 2.74 bits per heavy atom. The number of guanidine groups is 1. The molecule has 1 aromatic heterocycles. The molecular formula is C20H37N5OS. The van der Waals surface area contributed by atoms with Crippen LogP contribution in [0.1, 0.15) is 44.3 Å². The summed E-state index contributed by atoms with van der Waals surface area (Å²) >= 11 is 1.75. The minimum Gasteiger partial charge on any atom is -0.379 e. The van der Waals surface area contributed by atoms with Crippen molar-refractivity contribution in [2.45, 2.75) is 53.0 Å². The summed E-state index contributed by atoms with van der Waals surface area (Å²) in [6.45, 7) is 15.1. The van der Waals surface area contributed by atoms with E-state index in [9.17, 15) is 0 Å². The molecule has 0 spiro atoms. The number of morpholine rings is 1. The van der Waals surface area contributed by atoms with Crippen LogP contribution in [0.25, 0.3) is 0 Å². The van der Waals surface area contributed by atoms with E-state index in [0.717, 1.165) is 70.4 Å². The van der Waals surface area contributed by atoms with E-state index in [1.54, 1.807) is 11.3 Å². The van der Waals surface area contributed by atoms with Crippen molar-refractivity contribution >= 4 is 17.3 Å². The minimum absolute atomic E-state index is 0.489. The molecule has 0 aliphatic carbocycles. The normalized spacial score (nSPS) is 17.3. The van der Waals surface area contributed by atoms with Gasteiger partial charge in [-0.25, -0.2) is 4.98 Å². The molecule has 0 amide bonds. The Morgan fingerprint density at radius 2 is 2.11 bits per heavy atom. The molecule has 7 heteroatoms. The molecule has 1 aliphatic heterocycles. The molecule has 0 saturated carbocycles. The molecule has 0 aromatic carbocycles. The van der Waals surface area contributed by atoms with Crippen LogP contribution >= 0.6 is 11.3 Å². The second kappa shape index (κ2) is 12.3. The number of hydrogen-bond acceptors (Lipinski definition) is 5. The first-order chi connectivity index (χ1) is 13.1. The van der Waals surface area contributed by atoms with E-state index in [4.69, 9.17) is 9.73 Å². The van der Waals surface area contributed by atoms with E-state index in [1.807, 2.05) is 0 Å². The lowest BCUT2D eigenvalue weighted by Crippen LogP contribution is -2.46. The van der Waals surface area contributed by atoms with Crippen molar-refractivity contribution in [2.75, 3.05) is 45.9 Å². The Kier molecular flexibility index (Phi) is 10.1. The number of hydrogen-bond donors (Lipinski definition) is 2. The molecule has 154 valence electrons. The summed E-state index contributed by atoms with van der Waals surface area (Å²) in [4.78, 5) is 12.0. The fourth-order valence-corrected chi connectivity index (χ4v) is 4.15. The van der Waals surface area contributed by atoms with E-state index in [1.165, 1.54) is 11.4 Å². The summed E-state index contributed by atoms with van der Waals surface area (Å²) in [6, 6.07) is 0.489. The number of rotatable bonds is 10. The van der Waals surface area contributed by atoms with Gasteiger partial charge in [0.25, 0.3) is 0 Å². The highest BCUT2D eigenvalue weighted by molar-refractivity contribution is 7.09. The topological polar surface area (TPSA) is 61.8 Å². The first-order valence-corrected chi connectivity index (χ1v) is 11.2. The number of aliphatic imine (C=N–C) groups is 1. The zero-order chi connectivity index (χ0) is 19.5. The van der Waals surface area contributed by atoms with Gasteiger partial charge in [-0.15, -0.1) is 11.3 Å². The number of nitrogens with one attached hydrogen (secondary N) is 2. The van der Waals surface area contributed by atoms with Crippen LogP contribution < -0.4 is 10.6 Å². The van der Waals surface area contributed by atoms with Crippen LogP contribution in [0.15, 0.2) is 10.4 Å². The van der Waals surface area contributed by atoms with E-state index in [2.05, 4.69) is 53.6 Å². The van der Waals surface area contributed by atoms with E-state index in [0.29, 0.717) is 12.0 Å². The molecule has 2 N–H and O–H groups in total. The van der Waals surface area contributed by atoms with Gasteiger partial charge < -0.3 is 15.4 Å². The van der Waals surface area contributed by atoms with Gasteiger partial charge in [-0.2, -0.15) is 0 Å². The van der Waals surface area contributed by atoms with Crippen molar-refractivity contribution in [3.05, 3.63) is 16.1 Å². The molecule has 2 rings (SSSR count). The Bertz CT molecular complexity index is 554. The fraction of sp³-hybridized carbons (Fsp3) is 0.800. The summed E-state index contributed by atoms with van der Waals surface area (Å²) in [7, 11) is 0. The van der Waals surface area contributed by atoms with Crippen LogP contribution in [0.4, 0.5) is 0 Å². The Balaban J connectivity index is 1.82. The number of aryl methyl sites for hydroxylation is 2. The van der Waals surface area contributed by atoms with Gasteiger partial charge in [0.05, 0.1) is 24.8 Å². The molecule has 0 radical (unpaired) electrons. The number of nitrogens with zero attached hydrogens (tertiary/aromatic N) is 3. The van der Waals surface area contributed by atoms with E-state index >= 15 is 0 Å². The largest absolute Gasteiger partial charge is 0.379 e. The summed E-state index contributed by atoms with van der Waals surface area (Å²) in [5.74, 6) is 1.60. The molecule has 1 unspecified atom stereocenters. The standard InChI is InChI=1S/C20H37N5OS/c1-5-21-20(22-8-6-7-19-24-17(4)15-27-19)23-14-18(13-16(2)3)25-9-11-26-12-10-25/h15-16,18H,5-14H2,1-4H3,(H2,21,22,23). The van der Waals surface area contributed by atoms with Crippen molar-refractivity contribution < 1.29 is 4.74 Å². The lowest BCUT2D eigenvalue weighted by Gasteiger charge is -2.34. The molecule has 1 aromatic rings. The molecule has 1 atom stereocenters. The monoisotopic (exact) mass is 395 g/mol. The van der Waals surface area contributed by atoms with Crippen LogP contribution in [-0.2, 0) is 11.2 Å². The van der Waals surface area contributed by atoms with Crippen LogP contribution in [0, 0.1) is 12.8 Å². The molecule has 1 fully saturated rings. The molecule has 1 aliphatic rings. The third-order valence-corrected chi connectivity index (χ3v) is 5.66. The molecule has 0 bridgehead atoms. The second-order valence-electron chi connectivity index (χ2n) is 7.56. The first-order valence-electron chi connectivity index (χ1n) is 10.3. The van der Waals surface area contributed by atoms with E-state index < -0.39 is 0 Å². The zero-order valence-electron chi connectivity index (χ0n) is 17.5. The highest BCUT2D eigenvalue weighted by atomic mass is 32.1. The maximum atomic E-state index is 5.52. The maximum absolute atomic E-state index is 5.52. The third kappa shape index (κ3) is 8.58. The number of thiazole rings is 1. The number of ether oxygens (including phenoxy) is 1. The van der Waals surface area contributed by atoms with Gasteiger partial charge in [-0.05, 0) is 32.6 Å². The smallest absolute Gasteiger partial charge is 0.191 e. The van der Waals surface area contributed by atoms with Gasteiger partial charge in [0.15, 0.2) is 5.96 Å². The predicted octanol–water partition coefficient (Wildman–Crippen LogP) is 2.69. The van der Waals surface area contributed by atoms with E-state index in [-0.39, 0.29) is 0 Å². The zero-order valence-corrected chi connectivity index (χ0v) is 18.3. The molecule has 6 nitrogen and oxygen atoms in total. The summed E-state index contributed by atoms with van der Waals surface area (Å²) in [5, 5.41) is 10.2. The quantitative estimate of drug-likeness (QED) is 0.362. The molecular weight excluding hydrogens is 358 g/mol. The van der Waals surface area contributed by atoms with Crippen molar-refractivity contribution in [3.63, 3.8) is 0 Å². The van der Waals surface area contributed by atoms with Gasteiger partial charge >= 0.3 is 0 Å². The Hall–Kier alpha value is -1.18. The lowest BCUT2D eigenvalue weighted by molar-refractivity contribution is 0.0143. The van der Waals surface area contributed by atoms with Crippen molar-refractivity contribution in [1.29, 1.82) is 0 Å². The maximum Gasteiger partial charge on any atom is 0.191 e. The summed E-state index contributed by atoms with van der Waals surface area (Å²) in [6.07, 6.45) is 3.26. The molecule has 27 heavy (non-hydrogen) atoms. The Morgan fingerprint density at radius 1 is 1.33 bits per heavy atom. The third-order valence-electron chi connectivity index (χ3n) is 4.64. The highest BCUT2D eigenvalue weighted by Gasteiger charge is 2.21. The molecule has 1 saturated heterocycles. The average Bonchev–Trinajstić information content (AvgIpc) is 3.07. The van der Waals surface area contributed by atoms with Crippen LogP contribution in [0.5, 0.6) is 0 Å². The van der Waals surface area contributed by atoms with Gasteiger partial charge in [0.2, 0.25) is 0 Å². The predicted molar refractivity (Wildman–Crippen MR) is 115 cm³/mol. The van der Waals surface area contributed by atoms with Crippen molar-refractivity contribution in [3.8, 4) is 0 Å². The van der Waals surface area contributed by atoms with Crippen molar-refractivity contribution in [1.82, 2.24) is 20.5 Å². The van der Waals surface area contributed by atoms with Crippen LogP contribution in [0.3, 0.4) is 0 Å².